The van der Waals surface area contributed by atoms with Gasteiger partial charge in [0.25, 0.3) is 0 Å². The van der Waals surface area contributed by atoms with Gasteiger partial charge >= 0.3 is 5.97 Å². The number of esters is 1. The van der Waals surface area contributed by atoms with Crippen LogP contribution in [-0.2, 0) is 14.3 Å². The number of hydrogen-bond acceptors (Lipinski definition) is 5. The maximum Gasteiger partial charge on any atom is 0.333 e. The molecule has 0 saturated heterocycles. The van der Waals surface area contributed by atoms with E-state index in [0.717, 1.165) is 34.5 Å². The minimum absolute atomic E-state index is 0.272. The molecule has 0 aliphatic carbocycles. The minimum atomic E-state index is -0.277. The highest BCUT2D eigenvalue weighted by molar-refractivity contribution is 5.95. The van der Waals surface area contributed by atoms with Crippen LogP contribution in [-0.4, -0.2) is 32.5 Å². The van der Waals surface area contributed by atoms with Crippen LogP contribution in [0.4, 0.5) is 5.69 Å². The van der Waals surface area contributed by atoms with Gasteiger partial charge in [-0.2, -0.15) is 0 Å². The molecular formula is C23H27NO4. The fourth-order valence-corrected chi connectivity index (χ4v) is 3.14. The Kier molecular flexibility index (Phi) is 6.71. The fourth-order valence-electron chi connectivity index (χ4n) is 3.14. The smallest absolute Gasteiger partial charge is 0.333 e. The van der Waals surface area contributed by atoms with Gasteiger partial charge < -0.3 is 19.5 Å². The van der Waals surface area contributed by atoms with Crippen molar-refractivity contribution < 1.29 is 19.0 Å². The number of rotatable bonds is 7. The molecule has 0 bridgehead atoms. The summed E-state index contributed by atoms with van der Waals surface area (Å²) < 4.78 is 16.2. The van der Waals surface area contributed by atoms with Crippen LogP contribution in [0.5, 0.6) is 5.75 Å². The molecule has 5 nitrogen and oxygen atoms in total. The van der Waals surface area contributed by atoms with Crippen molar-refractivity contribution in [1.82, 2.24) is 0 Å². The van der Waals surface area contributed by atoms with Crippen molar-refractivity contribution in [3.05, 3.63) is 53.6 Å². The number of carbonyl (C=O) groups excluding carboxylic acids is 1. The number of ether oxygens (including phenoxy) is 3. The fraction of sp³-hybridized carbons (Fsp3) is 0.348. The zero-order chi connectivity index (χ0) is 19.9. The van der Waals surface area contributed by atoms with E-state index in [1.807, 2.05) is 43.3 Å². The summed E-state index contributed by atoms with van der Waals surface area (Å²) in [6.45, 7) is 5.36. The highest BCUT2D eigenvalue weighted by Gasteiger charge is 2.15. The molecule has 0 saturated carbocycles. The van der Waals surface area contributed by atoms with E-state index in [9.17, 15) is 4.79 Å². The van der Waals surface area contributed by atoms with Crippen LogP contribution in [0.1, 0.15) is 32.3 Å². The molecule has 148 valence electrons. The van der Waals surface area contributed by atoms with Crippen LogP contribution in [0.2, 0.25) is 0 Å². The van der Waals surface area contributed by atoms with Gasteiger partial charge in [0.2, 0.25) is 0 Å². The molecule has 2 aromatic rings. The Balaban J connectivity index is 1.79. The number of fused-ring (bicyclic) bond motifs is 1. The molecule has 1 N–H and O–H groups in total. The van der Waals surface area contributed by atoms with Crippen LogP contribution in [0.3, 0.4) is 0 Å². The van der Waals surface area contributed by atoms with Gasteiger partial charge in [-0.3, -0.25) is 0 Å². The molecule has 0 amide bonds. The second kappa shape index (κ2) is 9.42. The number of benzene rings is 2. The lowest BCUT2D eigenvalue weighted by Gasteiger charge is -2.15. The number of carbonyl (C=O) groups is 1. The SMILES string of the molecule is CCCOC(C)Oc1ccc(-c2ccc3c(c2)C=C(C(=O)OC)CCN3)cc1. The first kappa shape index (κ1) is 20.0. The third-order valence-electron chi connectivity index (χ3n) is 4.59. The Morgan fingerprint density at radius 1 is 1.14 bits per heavy atom. The molecule has 0 radical (unpaired) electrons. The van der Waals surface area contributed by atoms with Gasteiger partial charge in [0, 0.05) is 17.8 Å². The zero-order valence-corrected chi connectivity index (χ0v) is 16.7. The van der Waals surface area contributed by atoms with E-state index in [4.69, 9.17) is 14.2 Å². The third-order valence-corrected chi connectivity index (χ3v) is 4.59. The van der Waals surface area contributed by atoms with Gasteiger partial charge in [0.1, 0.15) is 5.75 Å². The zero-order valence-electron chi connectivity index (χ0n) is 16.7. The van der Waals surface area contributed by atoms with Crippen molar-refractivity contribution in [2.45, 2.75) is 33.0 Å². The highest BCUT2D eigenvalue weighted by Crippen LogP contribution is 2.30. The van der Waals surface area contributed by atoms with Gasteiger partial charge in [-0.1, -0.05) is 25.1 Å². The summed E-state index contributed by atoms with van der Waals surface area (Å²) in [6, 6.07) is 14.1. The van der Waals surface area contributed by atoms with E-state index in [2.05, 4.69) is 24.4 Å². The molecule has 28 heavy (non-hydrogen) atoms. The van der Waals surface area contributed by atoms with Gasteiger partial charge in [-0.15, -0.1) is 0 Å². The second-order valence-corrected chi connectivity index (χ2v) is 6.72. The number of hydrogen-bond donors (Lipinski definition) is 1. The standard InChI is InChI=1S/C23H27NO4/c1-4-13-27-16(2)28-21-8-5-17(6-9-21)18-7-10-22-20(14-18)15-19(11-12-24-22)23(25)26-3/h5-10,14-16,24H,4,11-13H2,1-3H3. The first-order valence-electron chi connectivity index (χ1n) is 9.66. The third kappa shape index (κ3) is 4.93. The lowest BCUT2D eigenvalue weighted by Crippen LogP contribution is -2.16. The van der Waals surface area contributed by atoms with Gasteiger partial charge in [0.05, 0.1) is 13.7 Å². The summed E-state index contributed by atoms with van der Waals surface area (Å²) in [5.41, 5.74) is 4.83. The summed E-state index contributed by atoms with van der Waals surface area (Å²) in [7, 11) is 1.41. The maximum absolute atomic E-state index is 11.9. The Labute approximate surface area is 166 Å². The molecular weight excluding hydrogens is 354 g/mol. The normalized spacial score (nSPS) is 14.2. The molecule has 3 rings (SSSR count). The molecule has 5 heteroatoms. The molecule has 1 aliphatic rings. The van der Waals surface area contributed by atoms with E-state index in [1.165, 1.54) is 7.11 Å². The van der Waals surface area contributed by atoms with Crippen molar-refractivity contribution in [1.29, 1.82) is 0 Å². The van der Waals surface area contributed by atoms with E-state index >= 15 is 0 Å². The van der Waals surface area contributed by atoms with Gasteiger partial charge in [0.15, 0.2) is 6.29 Å². The Hall–Kier alpha value is -2.79. The van der Waals surface area contributed by atoms with Gasteiger partial charge in [-0.05, 0) is 66.8 Å². The molecule has 1 unspecified atom stereocenters. The predicted octanol–water partition coefficient (Wildman–Crippen LogP) is 4.88. The summed E-state index contributed by atoms with van der Waals surface area (Å²) in [5.74, 6) is 0.498. The van der Waals surface area contributed by atoms with Crippen LogP contribution in [0, 0.1) is 0 Å². The molecule has 1 atom stereocenters. The lowest BCUT2D eigenvalue weighted by atomic mass is 10.0. The van der Waals surface area contributed by atoms with Crippen LogP contribution >= 0.6 is 0 Å². The maximum atomic E-state index is 11.9. The van der Waals surface area contributed by atoms with Crippen molar-refractivity contribution in [2.75, 3.05) is 25.6 Å². The van der Waals surface area contributed by atoms with E-state index < -0.39 is 0 Å². The van der Waals surface area contributed by atoms with Crippen molar-refractivity contribution in [3.8, 4) is 16.9 Å². The summed E-state index contributed by atoms with van der Waals surface area (Å²) in [6.07, 6.45) is 3.24. The first-order chi connectivity index (χ1) is 13.6. The van der Waals surface area contributed by atoms with Crippen molar-refractivity contribution >= 4 is 17.7 Å². The molecule has 1 aliphatic heterocycles. The topological polar surface area (TPSA) is 56.8 Å². The monoisotopic (exact) mass is 381 g/mol. The molecule has 0 spiro atoms. The number of nitrogens with one attached hydrogen (secondary N) is 1. The minimum Gasteiger partial charge on any atom is -0.466 e. The van der Waals surface area contributed by atoms with E-state index in [1.54, 1.807) is 0 Å². The van der Waals surface area contributed by atoms with Crippen LogP contribution in [0.25, 0.3) is 17.2 Å². The summed E-state index contributed by atoms with van der Waals surface area (Å²) >= 11 is 0. The van der Waals surface area contributed by atoms with Crippen LogP contribution < -0.4 is 10.1 Å². The quantitative estimate of drug-likeness (QED) is 0.547. The van der Waals surface area contributed by atoms with E-state index in [-0.39, 0.29) is 12.3 Å². The first-order valence-corrected chi connectivity index (χ1v) is 9.66. The average Bonchev–Trinajstić information content (AvgIpc) is 2.94. The predicted molar refractivity (Wildman–Crippen MR) is 111 cm³/mol. The second-order valence-electron chi connectivity index (χ2n) is 6.72. The average molecular weight is 381 g/mol. The lowest BCUT2D eigenvalue weighted by molar-refractivity contribution is -0.136. The number of anilines is 1. The van der Waals surface area contributed by atoms with Gasteiger partial charge in [-0.25, -0.2) is 4.79 Å². The molecule has 1 heterocycles. The summed E-state index contributed by atoms with van der Waals surface area (Å²) in [5, 5.41) is 3.37. The Bertz CT molecular complexity index is 842. The molecule has 0 fully saturated rings. The largest absolute Gasteiger partial charge is 0.466 e. The highest BCUT2D eigenvalue weighted by atomic mass is 16.7. The molecule has 0 aromatic heterocycles. The van der Waals surface area contributed by atoms with Crippen molar-refractivity contribution in [2.24, 2.45) is 0 Å². The Morgan fingerprint density at radius 3 is 2.61 bits per heavy atom. The van der Waals surface area contributed by atoms with Crippen LogP contribution in [0.15, 0.2) is 48.0 Å². The van der Waals surface area contributed by atoms with E-state index in [0.29, 0.717) is 25.1 Å². The Morgan fingerprint density at radius 2 is 1.89 bits per heavy atom. The molecule has 2 aromatic carbocycles. The van der Waals surface area contributed by atoms with Crippen molar-refractivity contribution in [3.63, 3.8) is 0 Å². The number of methoxy groups -OCH3 is 1. The summed E-state index contributed by atoms with van der Waals surface area (Å²) in [4.78, 5) is 11.9.